The summed E-state index contributed by atoms with van der Waals surface area (Å²) < 4.78 is 15.9. The first-order chi connectivity index (χ1) is 16.2. The van der Waals surface area contributed by atoms with Crippen LogP contribution in [0.2, 0.25) is 0 Å². The Morgan fingerprint density at radius 3 is 2.18 bits per heavy atom. The van der Waals surface area contributed by atoms with Gasteiger partial charge in [-0.3, -0.25) is 23.1 Å². The van der Waals surface area contributed by atoms with Gasteiger partial charge >= 0.3 is 13.3 Å². The van der Waals surface area contributed by atoms with E-state index in [9.17, 15) is 23.9 Å². The number of benzene rings is 1. The van der Waals surface area contributed by atoms with Gasteiger partial charge in [0.05, 0.1) is 12.7 Å². The van der Waals surface area contributed by atoms with E-state index < -0.39 is 7.60 Å². The second-order valence-corrected chi connectivity index (χ2v) is 10.5. The van der Waals surface area contributed by atoms with Crippen LogP contribution >= 0.6 is 7.60 Å². The summed E-state index contributed by atoms with van der Waals surface area (Å²) in [7, 11) is -4.15. The number of rotatable bonds is 8. The maximum atomic E-state index is 13.4. The molecule has 2 heterocycles. The van der Waals surface area contributed by atoms with E-state index >= 15 is 0 Å². The van der Waals surface area contributed by atoms with Crippen molar-refractivity contribution in [3.63, 3.8) is 0 Å². The molecule has 0 atom stereocenters. The summed E-state index contributed by atoms with van der Waals surface area (Å²) in [6.07, 6.45) is 5.23. The maximum absolute atomic E-state index is 13.4. The average Bonchev–Trinajstić information content (AvgIpc) is 3.13. The molecule has 0 spiro atoms. The Hall–Kier alpha value is -2.68. The number of fused-ring (bicyclic) bond motifs is 1. The van der Waals surface area contributed by atoms with Gasteiger partial charge in [0.1, 0.15) is 0 Å². The largest absolute Gasteiger partial charge is 0.353 e. The topological polar surface area (TPSA) is 131 Å². The van der Waals surface area contributed by atoms with Crippen LogP contribution in [0.1, 0.15) is 57.1 Å². The SMILES string of the molecule is CCn1c(=O)c2c(nc(NC3CCCCC3)n2Cc2ccc(CP(=O)(O)O)cc2)n(CC)c1=O. The fourth-order valence-corrected chi connectivity index (χ4v) is 5.41. The number of anilines is 1. The van der Waals surface area contributed by atoms with Crippen molar-refractivity contribution in [1.82, 2.24) is 18.7 Å². The van der Waals surface area contributed by atoms with Crippen molar-refractivity contribution in [2.75, 3.05) is 5.32 Å². The molecule has 1 saturated carbocycles. The van der Waals surface area contributed by atoms with Crippen molar-refractivity contribution in [2.24, 2.45) is 0 Å². The van der Waals surface area contributed by atoms with Gasteiger partial charge in [0.15, 0.2) is 11.2 Å². The van der Waals surface area contributed by atoms with Crippen molar-refractivity contribution < 1.29 is 14.4 Å². The lowest BCUT2D eigenvalue weighted by atomic mass is 9.96. The molecule has 0 amide bonds. The van der Waals surface area contributed by atoms with Crippen LogP contribution in [0.5, 0.6) is 0 Å². The van der Waals surface area contributed by atoms with Crippen molar-refractivity contribution in [1.29, 1.82) is 0 Å². The number of nitrogens with zero attached hydrogens (tertiary/aromatic N) is 4. The summed E-state index contributed by atoms with van der Waals surface area (Å²) in [4.78, 5) is 49.4. The zero-order valence-corrected chi connectivity index (χ0v) is 20.5. The van der Waals surface area contributed by atoms with Gasteiger partial charge in [-0.2, -0.15) is 4.98 Å². The minimum atomic E-state index is -4.15. The first-order valence-corrected chi connectivity index (χ1v) is 13.6. The third-order valence-corrected chi connectivity index (χ3v) is 7.21. The molecule has 184 valence electrons. The van der Waals surface area contributed by atoms with Crippen LogP contribution in [0, 0.1) is 0 Å². The fraction of sp³-hybridized carbons (Fsp3) is 0.522. The minimum Gasteiger partial charge on any atom is -0.353 e. The molecule has 1 fully saturated rings. The van der Waals surface area contributed by atoms with Crippen molar-refractivity contribution >= 4 is 24.7 Å². The Morgan fingerprint density at radius 2 is 1.59 bits per heavy atom. The van der Waals surface area contributed by atoms with E-state index in [0.29, 0.717) is 35.8 Å². The van der Waals surface area contributed by atoms with E-state index in [0.717, 1.165) is 31.2 Å². The molecule has 3 N–H and O–H groups in total. The number of hydrogen-bond acceptors (Lipinski definition) is 5. The summed E-state index contributed by atoms with van der Waals surface area (Å²) in [6.45, 7) is 4.63. The molecule has 0 bridgehead atoms. The summed E-state index contributed by atoms with van der Waals surface area (Å²) in [5, 5.41) is 3.52. The molecule has 0 saturated heterocycles. The van der Waals surface area contributed by atoms with Gasteiger partial charge in [0, 0.05) is 19.1 Å². The number of aromatic nitrogens is 4. The Labute approximate surface area is 197 Å². The second kappa shape index (κ2) is 9.90. The Bertz CT molecular complexity index is 1330. The number of hydrogen-bond donors (Lipinski definition) is 3. The average molecular weight is 490 g/mol. The van der Waals surface area contributed by atoms with Crippen LogP contribution in [0.15, 0.2) is 33.9 Å². The highest BCUT2D eigenvalue weighted by Crippen LogP contribution is 2.39. The highest BCUT2D eigenvalue weighted by Gasteiger charge is 2.23. The van der Waals surface area contributed by atoms with Crippen molar-refractivity contribution in [2.45, 2.75) is 77.8 Å². The van der Waals surface area contributed by atoms with Gasteiger partial charge < -0.3 is 15.1 Å². The van der Waals surface area contributed by atoms with Gasteiger partial charge in [-0.15, -0.1) is 0 Å². The molecular formula is C23H32N5O5P. The van der Waals surface area contributed by atoms with Gasteiger partial charge in [-0.1, -0.05) is 43.5 Å². The first-order valence-electron chi connectivity index (χ1n) is 11.8. The molecule has 1 aromatic carbocycles. The van der Waals surface area contributed by atoms with Gasteiger partial charge in [-0.05, 0) is 37.8 Å². The second-order valence-electron chi connectivity index (χ2n) is 8.89. The van der Waals surface area contributed by atoms with Gasteiger partial charge in [0.25, 0.3) is 5.56 Å². The summed E-state index contributed by atoms with van der Waals surface area (Å²) in [5.74, 6) is 0.564. The van der Waals surface area contributed by atoms with Crippen LogP contribution in [0.4, 0.5) is 5.95 Å². The van der Waals surface area contributed by atoms with Crippen LogP contribution in [-0.4, -0.2) is 34.5 Å². The molecular weight excluding hydrogens is 457 g/mol. The molecule has 1 aliphatic carbocycles. The summed E-state index contributed by atoms with van der Waals surface area (Å²) >= 11 is 0. The Balaban J connectivity index is 1.82. The number of nitrogens with one attached hydrogen (secondary N) is 1. The minimum absolute atomic E-state index is 0.255. The summed E-state index contributed by atoms with van der Waals surface area (Å²) in [5.41, 5.74) is 1.42. The number of aryl methyl sites for hydroxylation is 1. The predicted molar refractivity (Wildman–Crippen MR) is 131 cm³/mol. The lowest BCUT2D eigenvalue weighted by Gasteiger charge is -2.23. The Morgan fingerprint density at radius 1 is 0.971 bits per heavy atom. The third-order valence-electron chi connectivity index (χ3n) is 6.44. The van der Waals surface area contributed by atoms with Gasteiger partial charge in [0.2, 0.25) is 5.95 Å². The highest BCUT2D eigenvalue weighted by molar-refractivity contribution is 7.50. The monoisotopic (exact) mass is 489 g/mol. The van der Waals surface area contributed by atoms with Crippen molar-refractivity contribution in [3.05, 3.63) is 56.2 Å². The molecule has 10 nitrogen and oxygen atoms in total. The van der Waals surface area contributed by atoms with Crippen LogP contribution in [-0.2, 0) is 30.4 Å². The molecule has 0 unspecified atom stereocenters. The molecule has 4 rings (SSSR count). The van der Waals surface area contributed by atoms with E-state index in [-0.39, 0.29) is 30.0 Å². The van der Waals surface area contributed by atoms with E-state index in [1.807, 2.05) is 11.5 Å². The smallest absolute Gasteiger partial charge is 0.332 e. The standard InChI is InChI=1S/C23H32N5O5P/c1-3-26-20-19(21(29)27(4-2)23(26)30)28(22(25-20)24-18-8-6-5-7-9-18)14-16-10-12-17(13-11-16)15-34(31,32)33/h10-13,18H,3-9,14-15H2,1-2H3,(H,24,25)(H2,31,32,33). The highest BCUT2D eigenvalue weighted by atomic mass is 31.2. The molecule has 0 aliphatic heterocycles. The van der Waals surface area contributed by atoms with Crippen molar-refractivity contribution in [3.8, 4) is 0 Å². The van der Waals surface area contributed by atoms with Crippen LogP contribution in [0.3, 0.4) is 0 Å². The number of imidazole rings is 1. The molecule has 1 aliphatic rings. The zero-order valence-electron chi connectivity index (χ0n) is 19.6. The van der Waals surface area contributed by atoms with E-state index in [1.165, 1.54) is 15.6 Å². The van der Waals surface area contributed by atoms with Gasteiger partial charge in [-0.25, -0.2) is 4.79 Å². The van der Waals surface area contributed by atoms with Crippen LogP contribution < -0.4 is 16.6 Å². The first kappa shape index (κ1) is 24.4. The van der Waals surface area contributed by atoms with Crippen LogP contribution in [0.25, 0.3) is 11.2 Å². The quantitative estimate of drug-likeness (QED) is 0.415. The maximum Gasteiger partial charge on any atom is 0.332 e. The molecule has 11 heteroatoms. The lowest BCUT2D eigenvalue weighted by Crippen LogP contribution is -2.40. The fourth-order valence-electron chi connectivity index (χ4n) is 4.72. The molecule has 3 aromatic rings. The Kier molecular flexibility index (Phi) is 7.12. The lowest BCUT2D eigenvalue weighted by molar-refractivity contribution is 0.371. The summed E-state index contributed by atoms with van der Waals surface area (Å²) in [6, 6.07) is 7.23. The molecule has 34 heavy (non-hydrogen) atoms. The predicted octanol–water partition coefficient (Wildman–Crippen LogP) is 2.87. The molecule has 2 aromatic heterocycles. The van der Waals surface area contributed by atoms with E-state index in [1.54, 1.807) is 31.2 Å². The third kappa shape index (κ3) is 5.04. The van der Waals surface area contributed by atoms with E-state index in [4.69, 9.17) is 4.98 Å². The normalized spacial score (nSPS) is 15.2. The van der Waals surface area contributed by atoms with E-state index in [2.05, 4.69) is 5.32 Å². The zero-order chi connectivity index (χ0) is 24.5. The molecule has 0 radical (unpaired) electrons.